The van der Waals surface area contributed by atoms with Crippen molar-refractivity contribution in [2.45, 2.75) is 52.0 Å². The number of amides is 1. The molecule has 0 aliphatic heterocycles. The van der Waals surface area contributed by atoms with Crippen molar-refractivity contribution in [2.24, 2.45) is 23.2 Å². The number of nitrogens with one attached hydrogen (secondary N) is 2. The molecular weight excluding hydrogens is 300 g/mol. The average Bonchev–Trinajstić information content (AvgIpc) is 2.89. The first kappa shape index (κ1) is 16.2. The van der Waals surface area contributed by atoms with Crippen LogP contribution in [0.5, 0.6) is 0 Å². The molecule has 1 atom stereocenters. The quantitative estimate of drug-likeness (QED) is 0.837. The molecule has 5 rings (SSSR count). The topological polar surface area (TPSA) is 46.7 Å². The highest BCUT2D eigenvalue weighted by atomic mass is 16.3. The van der Waals surface area contributed by atoms with Gasteiger partial charge in [-0.3, -0.25) is 4.79 Å². The van der Waals surface area contributed by atoms with Crippen LogP contribution >= 0.6 is 0 Å². The summed E-state index contributed by atoms with van der Waals surface area (Å²) >= 11 is 0. The Bertz CT molecular complexity index is 571. The van der Waals surface area contributed by atoms with E-state index in [-0.39, 0.29) is 5.91 Å². The summed E-state index contributed by atoms with van der Waals surface area (Å²) < 4.78 is 5.61. The van der Waals surface area contributed by atoms with E-state index >= 15 is 0 Å². The van der Waals surface area contributed by atoms with Crippen LogP contribution in [0.1, 0.15) is 50.0 Å². The third-order valence-corrected chi connectivity index (χ3v) is 6.56. The van der Waals surface area contributed by atoms with E-state index in [2.05, 4.69) is 12.4 Å². The minimum atomic E-state index is 0.187. The maximum atomic E-state index is 12.4. The Hall–Kier alpha value is -1.29. The van der Waals surface area contributed by atoms with Crippen molar-refractivity contribution in [3.8, 4) is 0 Å². The highest BCUT2D eigenvalue weighted by Crippen LogP contribution is 2.59. The van der Waals surface area contributed by atoms with Gasteiger partial charge in [0.25, 0.3) is 5.91 Å². The maximum Gasteiger partial charge on any atom is 0.275 e. The molecule has 1 aromatic rings. The maximum absolute atomic E-state index is 12.4. The van der Waals surface area contributed by atoms with Crippen LogP contribution in [-0.2, 0) is 11.3 Å². The van der Waals surface area contributed by atoms with Crippen LogP contribution in [0.3, 0.4) is 0 Å². The first-order valence-corrected chi connectivity index (χ1v) is 9.63. The van der Waals surface area contributed by atoms with E-state index in [1.54, 1.807) is 0 Å². The highest BCUT2D eigenvalue weighted by molar-refractivity contribution is 5.76. The summed E-state index contributed by atoms with van der Waals surface area (Å²) in [6.45, 7) is 4.14. The SMILES string of the molecule is Cc1ccc(C[NH+](C)CC(=O)NCC23CC4CC(CC(C4)C2)C3)o1. The first-order chi connectivity index (χ1) is 11.5. The third-order valence-electron chi connectivity index (χ3n) is 6.56. The van der Waals surface area contributed by atoms with Crippen LogP contribution in [0.25, 0.3) is 0 Å². The zero-order valence-corrected chi connectivity index (χ0v) is 15.1. The van der Waals surface area contributed by atoms with Gasteiger partial charge in [-0.1, -0.05) is 0 Å². The van der Waals surface area contributed by atoms with Gasteiger partial charge in [0, 0.05) is 6.54 Å². The Morgan fingerprint density at radius 3 is 2.38 bits per heavy atom. The van der Waals surface area contributed by atoms with Gasteiger partial charge in [0.1, 0.15) is 12.3 Å². The summed E-state index contributed by atoms with van der Waals surface area (Å²) in [5.41, 5.74) is 0.427. The van der Waals surface area contributed by atoms with E-state index in [1.807, 2.05) is 19.1 Å². The van der Waals surface area contributed by atoms with E-state index in [0.717, 1.165) is 42.4 Å². The van der Waals surface area contributed by atoms with Gasteiger partial charge in [-0.2, -0.15) is 0 Å². The monoisotopic (exact) mass is 331 g/mol. The molecule has 0 radical (unpaired) electrons. The standard InChI is InChI=1S/C20H30N2O2/c1-14-3-4-18(24-14)11-22(2)12-19(23)21-13-20-8-15-5-16(9-20)7-17(6-15)10-20/h3-4,15-17H,5-13H2,1-2H3,(H,21,23)/p+1. The summed E-state index contributed by atoms with van der Waals surface area (Å²) in [6.07, 6.45) is 8.45. The molecule has 1 unspecified atom stereocenters. The van der Waals surface area contributed by atoms with Crippen molar-refractivity contribution in [3.05, 3.63) is 23.7 Å². The molecule has 1 amide bonds. The minimum Gasteiger partial charge on any atom is -0.460 e. The Morgan fingerprint density at radius 2 is 1.83 bits per heavy atom. The van der Waals surface area contributed by atoms with Gasteiger partial charge in [-0.25, -0.2) is 0 Å². The second-order valence-corrected chi connectivity index (χ2v) is 9.02. The number of likely N-dealkylation sites (N-methyl/N-ethyl adjacent to an activating group) is 1. The number of furan rings is 1. The Balaban J connectivity index is 1.26. The van der Waals surface area contributed by atoms with E-state index in [9.17, 15) is 4.79 Å². The summed E-state index contributed by atoms with van der Waals surface area (Å²) in [5.74, 6) is 4.92. The molecule has 4 nitrogen and oxygen atoms in total. The summed E-state index contributed by atoms with van der Waals surface area (Å²) in [4.78, 5) is 13.6. The van der Waals surface area contributed by atoms with Crippen molar-refractivity contribution >= 4 is 5.91 Å². The number of rotatable bonds is 6. The van der Waals surface area contributed by atoms with Crippen molar-refractivity contribution in [1.29, 1.82) is 0 Å². The lowest BCUT2D eigenvalue weighted by Crippen LogP contribution is -3.08. The van der Waals surface area contributed by atoms with Gasteiger partial charge in [0.05, 0.1) is 7.05 Å². The summed E-state index contributed by atoms with van der Waals surface area (Å²) in [5, 5.41) is 3.27. The van der Waals surface area contributed by atoms with E-state index < -0.39 is 0 Å². The number of carbonyl (C=O) groups is 1. The van der Waals surface area contributed by atoms with Gasteiger partial charge in [-0.15, -0.1) is 0 Å². The fourth-order valence-electron chi connectivity index (χ4n) is 6.07. The van der Waals surface area contributed by atoms with Crippen molar-refractivity contribution in [1.82, 2.24) is 5.32 Å². The van der Waals surface area contributed by atoms with E-state index in [0.29, 0.717) is 12.0 Å². The summed E-state index contributed by atoms with van der Waals surface area (Å²) in [6, 6.07) is 3.99. The molecule has 1 heterocycles. The number of quaternary nitrogens is 1. The number of hydrogen-bond donors (Lipinski definition) is 2. The number of carbonyl (C=O) groups excluding carboxylic acids is 1. The van der Waals surface area contributed by atoms with Gasteiger partial charge in [-0.05, 0) is 80.8 Å². The Labute approximate surface area is 145 Å². The second-order valence-electron chi connectivity index (χ2n) is 9.02. The van der Waals surface area contributed by atoms with E-state index in [4.69, 9.17) is 4.42 Å². The fraction of sp³-hybridized carbons (Fsp3) is 0.750. The molecule has 0 saturated heterocycles. The van der Waals surface area contributed by atoms with Gasteiger partial charge >= 0.3 is 0 Å². The van der Waals surface area contributed by atoms with E-state index in [1.165, 1.54) is 43.4 Å². The number of hydrogen-bond acceptors (Lipinski definition) is 2. The lowest BCUT2D eigenvalue weighted by molar-refractivity contribution is -0.886. The molecule has 2 N–H and O–H groups in total. The van der Waals surface area contributed by atoms with Crippen molar-refractivity contribution in [3.63, 3.8) is 0 Å². The van der Waals surface area contributed by atoms with Gasteiger partial charge in [0.15, 0.2) is 12.3 Å². The van der Waals surface area contributed by atoms with Crippen LogP contribution in [0.15, 0.2) is 16.5 Å². The molecule has 4 heteroatoms. The molecule has 4 aliphatic rings. The Morgan fingerprint density at radius 1 is 1.21 bits per heavy atom. The van der Waals surface area contributed by atoms with Crippen molar-refractivity contribution < 1.29 is 14.1 Å². The average molecular weight is 331 g/mol. The lowest BCUT2D eigenvalue weighted by Gasteiger charge is -2.56. The van der Waals surface area contributed by atoms with Crippen LogP contribution in [0.4, 0.5) is 0 Å². The molecular formula is C20H31N2O2+. The predicted octanol–water partition coefficient (Wildman–Crippen LogP) is 1.94. The van der Waals surface area contributed by atoms with Crippen LogP contribution in [-0.4, -0.2) is 26.0 Å². The molecule has 0 spiro atoms. The zero-order chi connectivity index (χ0) is 16.7. The molecule has 4 fully saturated rings. The summed E-state index contributed by atoms with van der Waals surface area (Å²) in [7, 11) is 2.06. The number of aryl methyl sites for hydroxylation is 1. The first-order valence-electron chi connectivity index (χ1n) is 9.63. The van der Waals surface area contributed by atoms with Crippen molar-refractivity contribution in [2.75, 3.05) is 20.1 Å². The van der Waals surface area contributed by atoms with Gasteiger partial charge in [0.2, 0.25) is 0 Å². The van der Waals surface area contributed by atoms with Crippen LogP contribution < -0.4 is 10.2 Å². The predicted molar refractivity (Wildman–Crippen MR) is 92.5 cm³/mol. The van der Waals surface area contributed by atoms with Gasteiger partial charge < -0.3 is 14.6 Å². The largest absolute Gasteiger partial charge is 0.460 e. The molecule has 4 aliphatic carbocycles. The van der Waals surface area contributed by atoms with Crippen LogP contribution in [0.2, 0.25) is 0 Å². The zero-order valence-electron chi connectivity index (χ0n) is 15.1. The molecule has 4 saturated carbocycles. The second kappa shape index (κ2) is 6.21. The molecule has 132 valence electrons. The molecule has 4 bridgehead atoms. The third kappa shape index (κ3) is 3.39. The highest BCUT2D eigenvalue weighted by Gasteiger charge is 2.50. The molecule has 0 aromatic carbocycles. The Kier molecular flexibility index (Phi) is 4.19. The molecule has 24 heavy (non-hydrogen) atoms. The lowest BCUT2D eigenvalue weighted by atomic mass is 9.49. The fourth-order valence-corrected chi connectivity index (χ4v) is 6.07. The molecule has 1 aromatic heterocycles. The smallest absolute Gasteiger partial charge is 0.275 e. The minimum absolute atomic E-state index is 0.187. The normalized spacial score (nSPS) is 35.2. The van der Waals surface area contributed by atoms with Crippen LogP contribution in [0, 0.1) is 30.1 Å².